The van der Waals surface area contributed by atoms with Crippen LogP contribution in [0, 0.1) is 0 Å². The zero-order valence-corrected chi connectivity index (χ0v) is 16.2. The van der Waals surface area contributed by atoms with E-state index in [1.165, 1.54) is 16.8 Å². The summed E-state index contributed by atoms with van der Waals surface area (Å²) in [6, 6.07) is 10.9. The van der Waals surface area contributed by atoms with Crippen LogP contribution in [0.1, 0.15) is 27.2 Å². The summed E-state index contributed by atoms with van der Waals surface area (Å²) in [6.45, 7) is 0. The number of benzene rings is 2. The standard InChI is InChI=1S/C19H13ClF3N3O2S/c20-13-5-2-6-14(8-13)26-17(15-9-29(28)10-16(15)25-26)24-18(27)11-3-1-4-12(7-11)19(21,22)23/h1-8H,9-10H2,(H,24,27). The van der Waals surface area contributed by atoms with E-state index in [0.29, 0.717) is 22.0 Å². The van der Waals surface area contributed by atoms with Crippen LogP contribution >= 0.6 is 11.6 Å². The monoisotopic (exact) mass is 439 g/mol. The second kappa shape index (κ2) is 7.31. The maximum atomic E-state index is 13.0. The smallest absolute Gasteiger partial charge is 0.306 e. The number of carbonyl (C=O) groups excluding carboxylic acids is 1. The molecule has 1 amide bonds. The lowest BCUT2D eigenvalue weighted by Gasteiger charge is -2.12. The Labute approximate surface area is 170 Å². The quantitative estimate of drug-likeness (QED) is 0.650. The number of hydrogen-bond donors (Lipinski definition) is 1. The first kappa shape index (κ1) is 19.7. The zero-order valence-electron chi connectivity index (χ0n) is 14.7. The number of fused-ring (bicyclic) bond motifs is 1. The first-order valence-electron chi connectivity index (χ1n) is 8.42. The molecule has 150 valence electrons. The van der Waals surface area contributed by atoms with Gasteiger partial charge in [-0.25, -0.2) is 4.68 Å². The van der Waals surface area contributed by atoms with Gasteiger partial charge in [0.05, 0.1) is 28.5 Å². The van der Waals surface area contributed by atoms with Crippen molar-refractivity contribution >= 4 is 34.1 Å². The van der Waals surface area contributed by atoms with Crippen LogP contribution in [0.2, 0.25) is 5.02 Å². The van der Waals surface area contributed by atoms with Crippen LogP contribution in [0.3, 0.4) is 0 Å². The summed E-state index contributed by atoms with van der Waals surface area (Å²) in [5.41, 5.74) is 0.676. The summed E-state index contributed by atoms with van der Waals surface area (Å²) >= 11 is 6.04. The molecule has 1 aromatic heterocycles. The van der Waals surface area contributed by atoms with Crippen LogP contribution in [-0.4, -0.2) is 19.9 Å². The molecule has 3 aromatic rings. The molecule has 1 N–H and O–H groups in total. The minimum Gasteiger partial charge on any atom is -0.306 e. The lowest BCUT2D eigenvalue weighted by Crippen LogP contribution is -2.17. The topological polar surface area (TPSA) is 64.0 Å². The summed E-state index contributed by atoms with van der Waals surface area (Å²) in [5, 5.41) is 7.52. The average Bonchev–Trinajstić information content (AvgIpc) is 3.18. The molecule has 0 spiro atoms. The minimum absolute atomic E-state index is 0.147. The Morgan fingerprint density at radius 2 is 1.90 bits per heavy atom. The van der Waals surface area contributed by atoms with Gasteiger partial charge >= 0.3 is 6.18 Å². The van der Waals surface area contributed by atoms with Gasteiger partial charge in [-0.05, 0) is 36.4 Å². The lowest BCUT2D eigenvalue weighted by atomic mass is 10.1. The predicted molar refractivity (Wildman–Crippen MR) is 104 cm³/mol. The van der Waals surface area contributed by atoms with E-state index in [1.54, 1.807) is 24.3 Å². The lowest BCUT2D eigenvalue weighted by molar-refractivity contribution is -0.137. The van der Waals surface area contributed by atoms with Gasteiger partial charge in [-0.1, -0.05) is 23.7 Å². The Balaban J connectivity index is 1.73. The molecule has 29 heavy (non-hydrogen) atoms. The Bertz CT molecular complexity index is 1140. The third kappa shape index (κ3) is 3.92. The van der Waals surface area contributed by atoms with Crippen molar-refractivity contribution in [3.63, 3.8) is 0 Å². The second-order valence-electron chi connectivity index (χ2n) is 6.43. The van der Waals surface area contributed by atoms with Crippen LogP contribution in [0.5, 0.6) is 0 Å². The molecule has 1 atom stereocenters. The fourth-order valence-electron chi connectivity index (χ4n) is 3.07. The maximum absolute atomic E-state index is 13.0. The number of nitrogens with zero attached hydrogens (tertiary/aromatic N) is 2. The largest absolute Gasteiger partial charge is 0.416 e. The van der Waals surface area contributed by atoms with Gasteiger partial charge in [0.1, 0.15) is 5.82 Å². The molecule has 2 aromatic carbocycles. The third-order valence-corrected chi connectivity index (χ3v) is 5.85. The molecule has 4 rings (SSSR count). The number of halogens is 4. The summed E-state index contributed by atoms with van der Waals surface area (Å²) in [6.07, 6.45) is -4.56. The Morgan fingerprint density at radius 1 is 1.14 bits per heavy atom. The normalized spacial score (nSPS) is 15.9. The highest BCUT2D eigenvalue weighted by Gasteiger charge is 2.32. The molecule has 0 bridgehead atoms. The maximum Gasteiger partial charge on any atom is 0.416 e. The molecule has 0 saturated carbocycles. The van der Waals surface area contributed by atoms with Crippen molar-refractivity contribution in [1.82, 2.24) is 9.78 Å². The highest BCUT2D eigenvalue weighted by molar-refractivity contribution is 7.83. The first-order chi connectivity index (χ1) is 13.7. The van der Waals surface area contributed by atoms with Gasteiger partial charge in [0.2, 0.25) is 0 Å². The fourth-order valence-corrected chi connectivity index (χ4v) is 4.52. The summed E-state index contributed by atoms with van der Waals surface area (Å²) < 4.78 is 52.3. The predicted octanol–water partition coefficient (Wildman–Crippen LogP) is 4.56. The van der Waals surface area contributed by atoms with E-state index in [2.05, 4.69) is 10.4 Å². The highest BCUT2D eigenvalue weighted by atomic mass is 35.5. The zero-order chi connectivity index (χ0) is 20.8. The molecule has 1 unspecified atom stereocenters. The Morgan fingerprint density at radius 3 is 2.62 bits per heavy atom. The van der Waals surface area contributed by atoms with Crippen molar-refractivity contribution < 1.29 is 22.2 Å². The molecule has 5 nitrogen and oxygen atoms in total. The van der Waals surface area contributed by atoms with Crippen LogP contribution in [0.25, 0.3) is 5.69 Å². The Kier molecular flexibility index (Phi) is 4.95. The SMILES string of the molecule is O=C(Nc1c2c(nn1-c1cccc(Cl)c1)CS(=O)C2)c1cccc(C(F)(F)F)c1. The second-order valence-corrected chi connectivity index (χ2v) is 8.32. The van der Waals surface area contributed by atoms with Crippen molar-refractivity contribution in [1.29, 1.82) is 0 Å². The molecule has 1 aliphatic heterocycles. The number of amides is 1. The number of nitrogens with one attached hydrogen (secondary N) is 1. The van der Waals surface area contributed by atoms with Gasteiger partial charge < -0.3 is 5.32 Å². The van der Waals surface area contributed by atoms with Crippen LogP contribution in [0.15, 0.2) is 48.5 Å². The molecular formula is C19H13ClF3N3O2S. The van der Waals surface area contributed by atoms with Gasteiger partial charge in [-0.2, -0.15) is 18.3 Å². The van der Waals surface area contributed by atoms with Gasteiger partial charge in [0.15, 0.2) is 0 Å². The van der Waals surface area contributed by atoms with Crippen molar-refractivity contribution in [2.45, 2.75) is 17.7 Å². The van der Waals surface area contributed by atoms with Gasteiger partial charge in [0, 0.05) is 26.9 Å². The van der Waals surface area contributed by atoms with E-state index in [4.69, 9.17) is 11.6 Å². The van der Waals surface area contributed by atoms with E-state index in [9.17, 15) is 22.2 Å². The molecule has 2 heterocycles. The van der Waals surface area contributed by atoms with Gasteiger partial charge in [-0.3, -0.25) is 9.00 Å². The minimum atomic E-state index is -4.56. The highest BCUT2D eigenvalue weighted by Crippen LogP contribution is 2.33. The van der Waals surface area contributed by atoms with Crippen LogP contribution in [0.4, 0.5) is 19.0 Å². The molecule has 0 fully saturated rings. The molecule has 0 aliphatic carbocycles. The summed E-state index contributed by atoms with van der Waals surface area (Å²) in [4.78, 5) is 12.7. The molecule has 10 heteroatoms. The summed E-state index contributed by atoms with van der Waals surface area (Å²) in [7, 11) is -1.14. The summed E-state index contributed by atoms with van der Waals surface area (Å²) in [5.74, 6) is -0.000958. The van der Waals surface area contributed by atoms with Crippen molar-refractivity contribution in [3.05, 3.63) is 75.9 Å². The molecule has 0 radical (unpaired) electrons. The number of aromatic nitrogens is 2. The number of anilines is 1. The van der Waals surface area contributed by atoms with E-state index in [1.807, 2.05) is 0 Å². The number of rotatable bonds is 3. The van der Waals surface area contributed by atoms with E-state index in [-0.39, 0.29) is 22.9 Å². The Hall–Kier alpha value is -2.65. The number of alkyl halides is 3. The van der Waals surface area contributed by atoms with Crippen LogP contribution in [-0.2, 0) is 28.5 Å². The third-order valence-electron chi connectivity index (χ3n) is 4.41. The van der Waals surface area contributed by atoms with Crippen molar-refractivity contribution in [2.75, 3.05) is 5.32 Å². The average molecular weight is 440 g/mol. The van der Waals surface area contributed by atoms with Crippen molar-refractivity contribution in [3.8, 4) is 5.69 Å². The number of carbonyl (C=O) groups is 1. The van der Waals surface area contributed by atoms with Gasteiger partial charge in [-0.15, -0.1) is 0 Å². The van der Waals surface area contributed by atoms with E-state index in [0.717, 1.165) is 12.1 Å². The number of hydrogen-bond acceptors (Lipinski definition) is 3. The first-order valence-corrected chi connectivity index (χ1v) is 10.3. The fraction of sp³-hybridized carbons (Fsp3) is 0.158. The molecule has 1 aliphatic rings. The van der Waals surface area contributed by atoms with E-state index >= 15 is 0 Å². The van der Waals surface area contributed by atoms with Crippen molar-refractivity contribution in [2.24, 2.45) is 0 Å². The van der Waals surface area contributed by atoms with Crippen LogP contribution < -0.4 is 5.32 Å². The molecule has 0 saturated heterocycles. The van der Waals surface area contributed by atoms with Gasteiger partial charge in [0.25, 0.3) is 5.91 Å². The molecular weight excluding hydrogens is 427 g/mol. The van der Waals surface area contributed by atoms with E-state index < -0.39 is 28.4 Å².